The molecule has 1 saturated carbocycles. The van der Waals surface area contributed by atoms with Gasteiger partial charge >= 0.3 is 0 Å². The van der Waals surface area contributed by atoms with Gasteiger partial charge in [-0.2, -0.15) is 11.8 Å². The van der Waals surface area contributed by atoms with E-state index in [1.165, 1.54) is 18.6 Å². The molecule has 2 rings (SSSR count). The SMILES string of the molecule is CCN(CC1CCCS1)C(=O)/C=C/C1CCCC(F)C1. The van der Waals surface area contributed by atoms with Crippen molar-refractivity contribution in [3.05, 3.63) is 12.2 Å². The predicted octanol–water partition coefficient (Wildman–Crippen LogP) is 3.82. The van der Waals surface area contributed by atoms with Crippen LogP contribution in [0.25, 0.3) is 0 Å². The predicted molar refractivity (Wildman–Crippen MR) is 83.7 cm³/mol. The van der Waals surface area contributed by atoms with Gasteiger partial charge < -0.3 is 4.90 Å². The number of allylic oxidation sites excluding steroid dienone is 1. The second kappa shape index (κ2) is 8.06. The molecule has 2 aliphatic rings. The van der Waals surface area contributed by atoms with Gasteiger partial charge in [0.1, 0.15) is 6.17 Å². The van der Waals surface area contributed by atoms with E-state index in [0.29, 0.717) is 18.1 Å². The third-order valence-corrected chi connectivity index (χ3v) is 5.68. The van der Waals surface area contributed by atoms with E-state index in [1.807, 2.05) is 29.7 Å². The first-order chi connectivity index (χ1) is 9.69. The lowest BCUT2D eigenvalue weighted by atomic mass is 9.88. The lowest BCUT2D eigenvalue weighted by Gasteiger charge is -2.24. The maximum atomic E-state index is 13.3. The summed E-state index contributed by atoms with van der Waals surface area (Å²) in [4.78, 5) is 14.1. The molecule has 114 valence electrons. The minimum absolute atomic E-state index is 0.0981. The van der Waals surface area contributed by atoms with Crippen molar-refractivity contribution in [2.45, 2.75) is 56.9 Å². The van der Waals surface area contributed by atoms with E-state index in [-0.39, 0.29) is 11.8 Å². The minimum Gasteiger partial charge on any atom is -0.338 e. The van der Waals surface area contributed by atoms with E-state index in [1.54, 1.807) is 6.08 Å². The summed E-state index contributed by atoms with van der Waals surface area (Å²) in [6.45, 7) is 3.65. The fraction of sp³-hybridized carbons (Fsp3) is 0.812. The van der Waals surface area contributed by atoms with Crippen LogP contribution in [-0.4, -0.2) is 41.1 Å². The fourth-order valence-electron chi connectivity index (χ4n) is 3.07. The van der Waals surface area contributed by atoms with Crippen LogP contribution in [0.1, 0.15) is 45.4 Å². The average molecular weight is 299 g/mol. The molecule has 2 nitrogen and oxygen atoms in total. The highest BCUT2D eigenvalue weighted by molar-refractivity contribution is 8.00. The molecule has 1 aliphatic heterocycles. The summed E-state index contributed by atoms with van der Waals surface area (Å²) in [5.74, 6) is 1.58. The zero-order valence-corrected chi connectivity index (χ0v) is 13.2. The highest BCUT2D eigenvalue weighted by atomic mass is 32.2. The molecule has 0 N–H and O–H groups in total. The molecule has 0 aromatic carbocycles. The van der Waals surface area contributed by atoms with Crippen LogP contribution in [0.2, 0.25) is 0 Å². The molecule has 20 heavy (non-hydrogen) atoms. The number of amides is 1. The Kier molecular flexibility index (Phi) is 6.40. The molecule has 0 aromatic heterocycles. The number of alkyl halides is 1. The molecular formula is C16H26FNOS. The van der Waals surface area contributed by atoms with E-state index in [9.17, 15) is 9.18 Å². The maximum absolute atomic E-state index is 13.3. The number of carbonyl (C=O) groups excluding carboxylic acids is 1. The van der Waals surface area contributed by atoms with Crippen LogP contribution in [0, 0.1) is 5.92 Å². The first-order valence-electron chi connectivity index (χ1n) is 7.91. The van der Waals surface area contributed by atoms with Crippen LogP contribution in [0.4, 0.5) is 4.39 Å². The van der Waals surface area contributed by atoms with Crippen LogP contribution in [-0.2, 0) is 4.79 Å². The number of halogens is 1. The Hall–Kier alpha value is -0.510. The number of hydrogen-bond acceptors (Lipinski definition) is 2. The standard InChI is InChI=1S/C16H26FNOS/c1-2-18(12-15-7-4-10-20-15)16(19)9-8-13-5-3-6-14(17)11-13/h8-9,13-15H,2-7,10-12H2,1H3/b9-8+. The molecule has 0 spiro atoms. The summed E-state index contributed by atoms with van der Waals surface area (Å²) in [6.07, 6.45) is 8.71. The van der Waals surface area contributed by atoms with Crippen LogP contribution in [0.5, 0.6) is 0 Å². The lowest BCUT2D eigenvalue weighted by molar-refractivity contribution is -0.125. The molecule has 3 unspecified atom stereocenters. The summed E-state index contributed by atoms with van der Waals surface area (Å²) in [5.41, 5.74) is 0. The second-order valence-electron chi connectivity index (χ2n) is 5.89. The van der Waals surface area contributed by atoms with E-state index in [4.69, 9.17) is 0 Å². The van der Waals surface area contributed by atoms with Gasteiger partial charge in [0, 0.05) is 18.3 Å². The van der Waals surface area contributed by atoms with Crippen molar-refractivity contribution in [3.63, 3.8) is 0 Å². The van der Waals surface area contributed by atoms with Crippen LogP contribution in [0.15, 0.2) is 12.2 Å². The van der Waals surface area contributed by atoms with Crippen molar-refractivity contribution in [1.29, 1.82) is 0 Å². The van der Waals surface area contributed by atoms with Crippen molar-refractivity contribution in [1.82, 2.24) is 4.90 Å². The molecule has 1 heterocycles. The van der Waals surface area contributed by atoms with Gasteiger partial charge in [-0.1, -0.05) is 6.08 Å². The van der Waals surface area contributed by atoms with Crippen molar-refractivity contribution in [2.24, 2.45) is 5.92 Å². The molecule has 0 aromatic rings. The Morgan fingerprint density at radius 2 is 2.20 bits per heavy atom. The van der Waals surface area contributed by atoms with Gasteiger partial charge in [0.15, 0.2) is 0 Å². The Balaban J connectivity index is 1.81. The molecule has 1 saturated heterocycles. The average Bonchev–Trinajstić information content (AvgIpc) is 2.95. The van der Waals surface area contributed by atoms with Crippen LogP contribution >= 0.6 is 11.8 Å². The number of rotatable bonds is 5. The quantitative estimate of drug-likeness (QED) is 0.719. The smallest absolute Gasteiger partial charge is 0.246 e. The van der Waals surface area contributed by atoms with Gasteiger partial charge in [-0.3, -0.25) is 4.79 Å². The first-order valence-corrected chi connectivity index (χ1v) is 8.96. The van der Waals surface area contributed by atoms with E-state index in [2.05, 4.69) is 0 Å². The molecule has 1 amide bonds. The summed E-state index contributed by atoms with van der Waals surface area (Å²) < 4.78 is 13.3. The summed E-state index contributed by atoms with van der Waals surface area (Å²) in [7, 11) is 0. The van der Waals surface area contributed by atoms with E-state index >= 15 is 0 Å². The summed E-state index contributed by atoms with van der Waals surface area (Å²) >= 11 is 1.98. The molecule has 0 bridgehead atoms. The number of thioether (sulfide) groups is 1. The van der Waals surface area contributed by atoms with Gasteiger partial charge in [-0.25, -0.2) is 4.39 Å². The van der Waals surface area contributed by atoms with Gasteiger partial charge in [-0.05, 0) is 63.2 Å². The lowest BCUT2D eigenvalue weighted by Crippen LogP contribution is -2.34. The van der Waals surface area contributed by atoms with Gasteiger partial charge in [0.2, 0.25) is 5.91 Å². The maximum Gasteiger partial charge on any atom is 0.246 e. The number of carbonyl (C=O) groups is 1. The Morgan fingerprint density at radius 1 is 1.35 bits per heavy atom. The number of hydrogen-bond donors (Lipinski definition) is 0. The molecule has 1 aliphatic carbocycles. The zero-order chi connectivity index (χ0) is 14.4. The summed E-state index contributed by atoms with van der Waals surface area (Å²) in [6, 6.07) is 0. The molecule has 0 radical (unpaired) electrons. The van der Waals surface area contributed by atoms with Gasteiger partial charge in [-0.15, -0.1) is 0 Å². The largest absolute Gasteiger partial charge is 0.338 e. The monoisotopic (exact) mass is 299 g/mol. The van der Waals surface area contributed by atoms with Crippen molar-refractivity contribution >= 4 is 17.7 Å². The van der Waals surface area contributed by atoms with Gasteiger partial charge in [0.05, 0.1) is 0 Å². The topological polar surface area (TPSA) is 20.3 Å². The summed E-state index contributed by atoms with van der Waals surface area (Å²) in [5, 5.41) is 0.609. The van der Waals surface area contributed by atoms with E-state index in [0.717, 1.165) is 25.9 Å². The highest BCUT2D eigenvalue weighted by Gasteiger charge is 2.22. The van der Waals surface area contributed by atoms with Gasteiger partial charge in [0.25, 0.3) is 0 Å². The second-order valence-corrected chi connectivity index (χ2v) is 7.30. The van der Waals surface area contributed by atoms with E-state index < -0.39 is 6.17 Å². The Morgan fingerprint density at radius 3 is 2.85 bits per heavy atom. The molecule has 4 heteroatoms. The highest BCUT2D eigenvalue weighted by Crippen LogP contribution is 2.28. The molecule has 2 fully saturated rings. The molecular weight excluding hydrogens is 273 g/mol. The van der Waals surface area contributed by atoms with Crippen molar-refractivity contribution in [3.8, 4) is 0 Å². The van der Waals surface area contributed by atoms with Crippen molar-refractivity contribution in [2.75, 3.05) is 18.8 Å². The minimum atomic E-state index is -0.675. The first kappa shape index (κ1) is 15.9. The third-order valence-electron chi connectivity index (χ3n) is 4.30. The number of nitrogens with zero attached hydrogens (tertiary/aromatic N) is 1. The van der Waals surface area contributed by atoms with Crippen molar-refractivity contribution < 1.29 is 9.18 Å². The van der Waals surface area contributed by atoms with Crippen LogP contribution in [0.3, 0.4) is 0 Å². The van der Waals surface area contributed by atoms with Crippen LogP contribution < -0.4 is 0 Å². The normalized spacial score (nSPS) is 30.8. The fourth-order valence-corrected chi connectivity index (χ4v) is 4.36. The zero-order valence-electron chi connectivity index (χ0n) is 12.4. The number of likely N-dealkylation sites (N-methyl/N-ethyl adjacent to an activating group) is 1. The molecule has 3 atom stereocenters. The Labute approximate surface area is 126 Å². The third kappa shape index (κ3) is 4.80. The Bertz CT molecular complexity index is 341.